The van der Waals surface area contributed by atoms with Crippen LogP contribution in [0.2, 0.25) is 0 Å². The van der Waals surface area contributed by atoms with Gasteiger partial charge in [0.2, 0.25) is 0 Å². The number of nitrogens with zero attached hydrogens (tertiary/aromatic N) is 2. The lowest BCUT2D eigenvalue weighted by molar-refractivity contribution is -0.0585. The van der Waals surface area contributed by atoms with Gasteiger partial charge < -0.3 is 20.1 Å². The second kappa shape index (κ2) is 11.4. The average molecular weight is 488 g/mol. The van der Waals surface area contributed by atoms with Crippen LogP contribution in [0.1, 0.15) is 55.6 Å². The third-order valence-corrected chi connectivity index (χ3v) is 8.08. The van der Waals surface area contributed by atoms with Crippen LogP contribution in [0.15, 0.2) is 48.5 Å². The summed E-state index contributed by atoms with van der Waals surface area (Å²) in [7, 11) is 1.61. The number of anilines is 1. The van der Waals surface area contributed by atoms with E-state index >= 15 is 0 Å². The monoisotopic (exact) mass is 487 g/mol. The zero-order chi connectivity index (χ0) is 24.9. The summed E-state index contributed by atoms with van der Waals surface area (Å²) < 4.78 is 5.41. The van der Waals surface area contributed by atoms with E-state index < -0.39 is 0 Å². The number of carbonyl (C=O) groups excluding carboxylic acids is 1. The van der Waals surface area contributed by atoms with Crippen molar-refractivity contribution >= 4 is 11.7 Å². The van der Waals surface area contributed by atoms with Crippen molar-refractivity contribution in [1.82, 2.24) is 9.80 Å². The number of aliphatic hydroxyl groups is 1. The quantitative estimate of drug-likeness (QED) is 0.614. The van der Waals surface area contributed by atoms with Crippen LogP contribution in [0.5, 0.6) is 5.75 Å². The van der Waals surface area contributed by atoms with E-state index in [1.54, 1.807) is 7.11 Å². The van der Waals surface area contributed by atoms with Crippen LogP contribution >= 0.6 is 0 Å². The Kier molecular flexibility index (Phi) is 7.79. The fourth-order valence-corrected chi connectivity index (χ4v) is 6.11. The smallest absolute Gasteiger partial charge is 0.322 e. The van der Waals surface area contributed by atoms with E-state index in [4.69, 9.17) is 4.74 Å². The standard InChI is InChI=1S/C30H37N3O3/c1-36-28-11-5-4-10-25(28)31-30(35)32-18-6-7-19-33-26(20-32)29(27(33)21-34)24-16-14-23(15-17-24)13-12-22-8-2-3-9-22/h4-5,10-11,14-17,22,26-27,29,34H,2-3,6-9,18-21H2,1H3,(H,31,35). The first-order chi connectivity index (χ1) is 17.7. The van der Waals surface area contributed by atoms with Gasteiger partial charge in [-0.15, -0.1) is 0 Å². The normalized spacial score (nSPS) is 24.5. The van der Waals surface area contributed by atoms with Crippen LogP contribution in [-0.2, 0) is 0 Å². The number of urea groups is 1. The van der Waals surface area contributed by atoms with Crippen LogP contribution in [-0.4, -0.2) is 66.4 Å². The molecule has 3 aliphatic rings. The second-order valence-electron chi connectivity index (χ2n) is 10.2. The van der Waals surface area contributed by atoms with E-state index in [9.17, 15) is 9.90 Å². The molecule has 1 saturated carbocycles. The maximum absolute atomic E-state index is 13.3. The van der Waals surface area contributed by atoms with Crippen molar-refractivity contribution in [3.63, 3.8) is 0 Å². The Bertz CT molecular complexity index is 1100. The van der Waals surface area contributed by atoms with Crippen molar-refractivity contribution < 1.29 is 14.6 Å². The highest BCUT2D eigenvalue weighted by Crippen LogP contribution is 2.42. The largest absolute Gasteiger partial charge is 0.495 e. The molecule has 3 fully saturated rings. The Labute approximate surface area is 214 Å². The van der Waals surface area contributed by atoms with Gasteiger partial charge in [0.1, 0.15) is 5.75 Å². The van der Waals surface area contributed by atoms with E-state index in [2.05, 4.69) is 46.3 Å². The van der Waals surface area contributed by atoms with Crippen molar-refractivity contribution in [2.24, 2.45) is 5.92 Å². The first kappa shape index (κ1) is 24.7. The minimum Gasteiger partial charge on any atom is -0.495 e. The number of carbonyl (C=O) groups is 1. The van der Waals surface area contributed by atoms with Gasteiger partial charge in [0.05, 0.1) is 19.4 Å². The van der Waals surface area contributed by atoms with Crippen molar-refractivity contribution in [1.29, 1.82) is 0 Å². The topological polar surface area (TPSA) is 65.0 Å². The number of para-hydroxylation sites is 2. The highest BCUT2D eigenvalue weighted by atomic mass is 16.5. The fraction of sp³-hybridized carbons (Fsp3) is 0.500. The number of fused-ring (bicyclic) bond motifs is 1. The molecule has 2 aromatic rings. The number of amides is 2. The molecule has 3 atom stereocenters. The molecule has 190 valence electrons. The van der Waals surface area contributed by atoms with Crippen LogP contribution < -0.4 is 10.1 Å². The van der Waals surface area contributed by atoms with Crippen LogP contribution in [0.3, 0.4) is 0 Å². The number of ether oxygens (including phenoxy) is 1. The average Bonchev–Trinajstić information content (AvgIpc) is 3.41. The molecule has 1 aliphatic carbocycles. The highest BCUT2D eigenvalue weighted by Gasteiger charge is 2.49. The van der Waals surface area contributed by atoms with Crippen LogP contribution in [0.4, 0.5) is 10.5 Å². The summed E-state index contributed by atoms with van der Waals surface area (Å²) in [6.07, 6.45) is 7.00. The molecular weight excluding hydrogens is 450 g/mol. The molecule has 0 aromatic heterocycles. The number of benzene rings is 2. The molecule has 5 rings (SSSR count). The summed E-state index contributed by atoms with van der Waals surface area (Å²) in [5.41, 5.74) is 2.95. The predicted molar refractivity (Wildman–Crippen MR) is 142 cm³/mol. The Morgan fingerprint density at radius 2 is 1.81 bits per heavy atom. The molecule has 0 bridgehead atoms. The number of hydrogen-bond acceptors (Lipinski definition) is 4. The SMILES string of the molecule is COc1ccccc1NC(=O)N1CCCCN2C(CO)C(c3ccc(C#CC4CCCC4)cc3)C2C1. The molecule has 36 heavy (non-hydrogen) atoms. The maximum atomic E-state index is 13.3. The van der Waals surface area contributed by atoms with E-state index in [0.29, 0.717) is 23.9 Å². The van der Waals surface area contributed by atoms with Crippen molar-refractivity contribution in [2.75, 3.05) is 38.7 Å². The lowest BCUT2D eigenvalue weighted by atomic mass is 9.74. The minimum atomic E-state index is -0.106. The molecule has 2 saturated heterocycles. The van der Waals surface area contributed by atoms with Crippen LogP contribution in [0, 0.1) is 17.8 Å². The molecule has 0 spiro atoms. The summed E-state index contributed by atoms with van der Waals surface area (Å²) in [5, 5.41) is 13.3. The lowest BCUT2D eigenvalue weighted by Gasteiger charge is -2.57. The predicted octanol–water partition coefficient (Wildman–Crippen LogP) is 4.69. The Hall–Kier alpha value is -3.01. The number of aliphatic hydroxyl groups excluding tert-OH is 1. The van der Waals surface area contributed by atoms with E-state index in [0.717, 1.165) is 31.5 Å². The van der Waals surface area contributed by atoms with Gasteiger partial charge in [0.25, 0.3) is 0 Å². The highest BCUT2D eigenvalue weighted by molar-refractivity contribution is 5.91. The van der Waals surface area contributed by atoms with E-state index in [-0.39, 0.29) is 30.6 Å². The molecule has 2 aromatic carbocycles. The Morgan fingerprint density at radius 3 is 2.56 bits per heavy atom. The van der Waals surface area contributed by atoms with Gasteiger partial charge in [0, 0.05) is 42.6 Å². The second-order valence-corrected chi connectivity index (χ2v) is 10.2. The molecule has 2 amide bonds. The fourth-order valence-electron chi connectivity index (χ4n) is 6.11. The first-order valence-corrected chi connectivity index (χ1v) is 13.3. The van der Waals surface area contributed by atoms with Crippen molar-refractivity contribution in [3.8, 4) is 17.6 Å². The third-order valence-electron chi connectivity index (χ3n) is 8.08. The van der Waals surface area contributed by atoms with Crippen LogP contribution in [0.25, 0.3) is 0 Å². The number of methoxy groups -OCH3 is 1. The summed E-state index contributed by atoms with van der Waals surface area (Å²) in [6, 6.07) is 16.2. The summed E-state index contributed by atoms with van der Waals surface area (Å²) in [5.74, 6) is 8.19. The van der Waals surface area contributed by atoms with Gasteiger partial charge in [-0.05, 0) is 62.1 Å². The summed E-state index contributed by atoms with van der Waals surface area (Å²) in [6.45, 7) is 2.43. The lowest BCUT2D eigenvalue weighted by Crippen LogP contribution is -2.68. The van der Waals surface area contributed by atoms with Gasteiger partial charge >= 0.3 is 6.03 Å². The zero-order valence-corrected chi connectivity index (χ0v) is 21.2. The molecule has 2 heterocycles. The van der Waals surface area contributed by atoms with Gasteiger partial charge in [-0.25, -0.2) is 4.79 Å². The first-order valence-electron chi connectivity index (χ1n) is 13.3. The molecule has 2 aliphatic heterocycles. The van der Waals surface area contributed by atoms with Gasteiger partial charge in [-0.1, -0.05) is 48.9 Å². The van der Waals surface area contributed by atoms with Gasteiger partial charge in [-0.2, -0.15) is 0 Å². The number of nitrogens with one attached hydrogen (secondary N) is 1. The zero-order valence-electron chi connectivity index (χ0n) is 21.2. The van der Waals surface area contributed by atoms with Gasteiger partial charge in [-0.3, -0.25) is 4.90 Å². The minimum absolute atomic E-state index is 0.0858. The molecule has 3 unspecified atom stereocenters. The summed E-state index contributed by atoms with van der Waals surface area (Å²) >= 11 is 0. The molecule has 0 radical (unpaired) electrons. The Balaban J connectivity index is 1.31. The van der Waals surface area contributed by atoms with Gasteiger partial charge in [0.15, 0.2) is 0 Å². The number of rotatable bonds is 4. The Morgan fingerprint density at radius 1 is 1.06 bits per heavy atom. The number of hydrogen-bond donors (Lipinski definition) is 2. The third kappa shape index (κ3) is 5.23. The summed E-state index contributed by atoms with van der Waals surface area (Å²) in [4.78, 5) is 17.6. The van der Waals surface area contributed by atoms with Crippen molar-refractivity contribution in [3.05, 3.63) is 59.7 Å². The molecule has 6 nitrogen and oxygen atoms in total. The van der Waals surface area contributed by atoms with E-state index in [1.165, 1.54) is 31.2 Å². The van der Waals surface area contributed by atoms with E-state index in [1.807, 2.05) is 29.2 Å². The maximum Gasteiger partial charge on any atom is 0.322 e. The molecule has 2 N–H and O–H groups in total. The molecular formula is C30H37N3O3. The van der Waals surface area contributed by atoms with Crippen molar-refractivity contribution in [2.45, 2.75) is 56.5 Å². The molecule has 6 heteroatoms.